The van der Waals surface area contributed by atoms with Crippen LogP contribution in [0.1, 0.15) is 30.1 Å². The Hall–Kier alpha value is -2.24. The molecule has 1 aromatic rings. The lowest BCUT2D eigenvalue weighted by Gasteiger charge is -2.31. The second kappa shape index (κ2) is 6.47. The molecule has 0 radical (unpaired) electrons. The summed E-state index contributed by atoms with van der Waals surface area (Å²) >= 11 is 0. The predicted octanol–water partition coefficient (Wildman–Crippen LogP) is 1.05. The molecule has 0 spiro atoms. The molecule has 0 aliphatic carbocycles. The number of likely N-dealkylation sites (N-methyl/N-ethyl adjacent to an activating group) is 1. The number of nitrogens with zero attached hydrogens (tertiary/aromatic N) is 1. The third-order valence-electron chi connectivity index (χ3n) is 3.64. The van der Waals surface area contributed by atoms with Gasteiger partial charge in [0.15, 0.2) is 0 Å². The fourth-order valence-corrected chi connectivity index (χ4v) is 2.44. The maximum atomic E-state index is 11.9. The van der Waals surface area contributed by atoms with Gasteiger partial charge in [0.05, 0.1) is 11.4 Å². The first-order chi connectivity index (χ1) is 10.0. The van der Waals surface area contributed by atoms with E-state index in [4.69, 9.17) is 5.73 Å². The number of rotatable bonds is 4. The van der Waals surface area contributed by atoms with Crippen LogP contribution in [0.15, 0.2) is 18.2 Å². The van der Waals surface area contributed by atoms with Crippen molar-refractivity contribution < 1.29 is 9.59 Å². The zero-order valence-corrected chi connectivity index (χ0v) is 12.5. The number of benzene rings is 1. The fourth-order valence-electron chi connectivity index (χ4n) is 2.44. The van der Waals surface area contributed by atoms with Gasteiger partial charge in [0.2, 0.25) is 5.91 Å². The van der Waals surface area contributed by atoms with Crippen molar-refractivity contribution >= 4 is 23.2 Å². The van der Waals surface area contributed by atoms with Gasteiger partial charge in [-0.15, -0.1) is 0 Å². The Kier molecular flexibility index (Phi) is 4.67. The molecule has 0 aromatic heterocycles. The number of anilines is 2. The van der Waals surface area contributed by atoms with Crippen LogP contribution in [0.5, 0.6) is 0 Å². The molecule has 1 atom stereocenters. The number of likely N-dealkylation sites (tertiary alicyclic amines) is 1. The second-order valence-corrected chi connectivity index (χ2v) is 5.32. The lowest BCUT2D eigenvalue weighted by Crippen LogP contribution is -2.43. The molecule has 114 valence electrons. The summed E-state index contributed by atoms with van der Waals surface area (Å²) in [6.07, 6.45) is 1.30. The average molecular weight is 290 g/mol. The van der Waals surface area contributed by atoms with Crippen molar-refractivity contribution in [1.82, 2.24) is 10.2 Å². The normalized spacial score (nSPS) is 18.5. The third-order valence-corrected chi connectivity index (χ3v) is 3.64. The van der Waals surface area contributed by atoms with Gasteiger partial charge < -0.3 is 21.3 Å². The summed E-state index contributed by atoms with van der Waals surface area (Å²) in [6, 6.07) is 5.35. The summed E-state index contributed by atoms with van der Waals surface area (Å²) in [5.74, 6) is 0.0496. The molecule has 2 amide bonds. The lowest BCUT2D eigenvalue weighted by atomic mass is 10.0. The van der Waals surface area contributed by atoms with E-state index in [0.717, 1.165) is 12.1 Å². The van der Waals surface area contributed by atoms with Crippen molar-refractivity contribution in [3.8, 4) is 0 Å². The number of carbonyl (C=O) groups excluding carboxylic acids is 2. The Morgan fingerprint density at radius 1 is 1.48 bits per heavy atom. The molecule has 6 heteroatoms. The van der Waals surface area contributed by atoms with Crippen molar-refractivity contribution in [2.45, 2.75) is 25.8 Å². The van der Waals surface area contributed by atoms with Gasteiger partial charge in [0.1, 0.15) is 0 Å². The maximum absolute atomic E-state index is 11.9. The number of piperidine rings is 1. The molecule has 0 saturated carbocycles. The van der Waals surface area contributed by atoms with Gasteiger partial charge in [-0.1, -0.05) is 0 Å². The molecule has 1 heterocycles. The molecule has 1 unspecified atom stereocenters. The highest BCUT2D eigenvalue weighted by molar-refractivity contribution is 5.96. The first-order valence-corrected chi connectivity index (χ1v) is 7.19. The van der Waals surface area contributed by atoms with Gasteiger partial charge in [-0.3, -0.25) is 9.59 Å². The summed E-state index contributed by atoms with van der Waals surface area (Å²) in [5.41, 5.74) is 7.89. The van der Waals surface area contributed by atoms with Crippen LogP contribution in [-0.2, 0) is 4.79 Å². The molecule has 1 saturated heterocycles. The number of nitrogens with two attached hydrogens (primary N) is 1. The number of hydrogen-bond donors (Lipinski definition) is 3. The molecule has 2 rings (SSSR count). The van der Waals surface area contributed by atoms with Crippen molar-refractivity contribution in [3.05, 3.63) is 23.8 Å². The summed E-state index contributed by atoms with van der Waals surface area (Å²) in [7, 11) is 1.80. The van der Waals surface area contributed by atoms with Crippen LogP contribution in [0.2, 0.25) is 0 Å². The van der Waals surface area contributed by atoms with E-state index >= 15 is 0 Å². The Morgan fingerprint density at radius 3 is 2.90 bits per heavy atom. The zero-order chi connectivity index (χ0) is 15.4. The number of carbonyl (C=O) groups is 2. The van der Waals surface area contributed by atoms with Gasteiger partial charge in [-0.05, 0) is 31.5 Å². The van der Waals surface area contributed by atoms with Gasteiger partial charge in [0, 0.05) is 38.2 Å². The lowest BCUT2D eigenvalue weighted by molar-refractivity contribution is -0.132. The zero-order valence-electron chi connectivity index (χ0n) is 12.5. The topological polar surface area (TPSA) is 87.5 Å². The molecule has 0 bridgehead atoms. The number of nitrogens with one attached hydrogen (secondary N) is 2. The van der Waals surface area contributed by atoms with E-state index < -0.39 is 0 Å². The molecular formula is C15H22N4O2. The molecule has 4 N–H and O–H groups in total. The molecule has 6 nitrogen and oxygen atoms in total. The SMILES string of the molecule is CCNC(=O)c1ccc(N)c(NC2CCC(=O)N(C)C2)c1. The number of nitrogen functional groups attached to an aromatic ring is 1. The maximum Gasteiger partial charge on any atom is 0.251 e. The average Bonchev–Trinajstić information content (AvgIpc) is 2.45. The first-order valence-electron chi connectivity index (χ1n) is 7.19. The summed E-state index contributed by atoms with van der Waals surface area (Å²) in [4.78, 5) is 25.1. The predicted molar refractivity (Wildman–Crippen MR) is 83.1 cm³/mol. The minimum absolute atomic E-state index is 0.114. The minimum Gasteiger partial charge on any atom is -0.397 e. The Morgan fingerprint density at radius 2 is 2.24 bits per heavy atom. The van der Waals surface area contributed by atoms with E-state index in [0.29, 0.717) is 30.8 Å². The van der Waals surface area contributed by atoms with Crippen LogP contribution in [-0.4, -0.2) is 42.9 Å². The van der Waals surface area contributed by atoms with E-state index in [1.54, 1.807) is 30.1 Å². The molecule has 21 heavy (non-hydrogen) atoms. The summed E-state index contributed by atoms with van der Waals surface area (Å²) in [5, 5.41) is 6.10. The van der Waals surface area contributed by atoms with Crippen molar-refractivity contribution in [2.24, 2.45) is 0 Å². The molecular weight excluding hydrogens is 268 g/mol. The molecule has 1 aliphatic heterocycles. The van der Waals surface area contributed by atoms with E-state index in [-0.39, 0.29) is 17.9 Å². The van der Waals surface area contributed by atoms with E-state index in [9.17, 15) is 9.59 Å². The minimum atomic E-state index is -0.114. The molecule has 1 fully saturated rings. The van der Waals surface area contributed by atoms with Crippen LogP contribution in [0.4, 0.5) is 11.4 Å². The van der Waals surface area contributed by atoms with Crippen LogP contribution < -0.4 is 16.4 Å². The van der Waals surface area contributed by atoms with Gasteiger partial charge >= 0.3 is 0 Å². The van der Waals surface area contributed by atoms with Crippen molar-refractivity contribution in [1.29, 1.82) is 0 Å². The van der Waals surface area contributed by atoms with Gasteiger partial charge in [0.25, 0.3) is 5.91 Å². The second-order valence-electron chi connectivity index (χ2n) is 5.32. The van der Waals surface area contributed by atoms with Gasteiger partial charge in [-0.2, -0.15) is 0 Å². The first kappa shape index (κ1) is 15.2. The van der Waals surface area contributed by atoms with Crippen molar-refractivity contribution in [3.63, 3.8) is 0 Å². The molecule has 1 aromatic carbocycles. The van der Waals surface area contributed by atoms with E-state index in [1.165, 1.54) is 0 Å². The third kappa shape index (κ3) is 3.65. The number of hydrogen-bond acceptors (Lipinski definition) is 4. The largest absolute Gasteiger partial charge is 0.397 e. The smallest absolute Gasteiger partial charge is 0.251 e. The Labute approximate surface area is 124 Å². The van der Waals surface area contributed by atoms with Crippen LogP contribution in [0.3, 0.4) is 0 Å². The fraction of sp³-hybridized carbons (Fsp3) is 0.467. The van der Waals surface area contributed by atoms with Crippen molar-refractivity contribution in [2.75, 3.05) is 31.2 Å². The van der Waals surface area contributed by atoms with E-state index in [1.807, 2.05) is 6.92 Å². The summed E-state index contributed by atoms with van der Waals surface area (Å²) in [6.45, 7) is 3.11. The monoisotopic (exact) mass is 290 g/mol. The van der Waals surface area contributed by atoms with Crippen LogP contribution >= 0.6 is 0 Å². The van der Waals surface area contributed by atoms with Crippen LogP contribution in [0, 0.1) is 0 Å². The molecule has 1 aliphatic rings. The van der Waals surface area contributed by atoms with Crippen LogP contribution in [0.25, 0.3) is 0 Å². The quantitative estimate of drug-likeness (QED) is 0.723. The highest BCUT2D eigenvalue weighted by Gasteiger charge is 2.23. The highest BCUT2D eigenvalue weighted by Crippen LogP contribution is 2.23. The van der Waals surface area contributed by atoms with E-state index in [2.05, 4.69) is 10.6 Å². The standard InChI is InChI=1S/C15H22N4O2/c1-3-17-15(21)10-4-6-12(16)13(8-10)18-11-5-7-14(20)19(2)9-11/h4,6,8,11,18H,3,5,7,9,16H2,1-2H3,(H,17,21). The summed E-state index contributed by atoms with van der Waals surface area (Å²) < 4.78 is 0. The Balaban J connectivity index is 2.10. The van der Waals surface area contributed by atoms with Gasteiger partial charge in [-0.25, -0.2) is 0 Å². The Bertz CT molecular complexity index is 544. The number of amides is 2. The highest BCUT2D eigenvalue weighted by atomic mass is 16.2.